The molecule has 4 rings (SSSR count). The molecular formula is C27H35N. The second-order valence-electron chi connectivity index (χ2n) is 9.14. The molecule has 2 saturated carbocycles. The number of hydrogen-bond acceptors (Lipinski definition) is 1. The molecule has 0 saturated heterocycles. The van der Waals surface area contributed by atoms with E-state index in [4.69, 9.17) is 0 Å². The largest absolute Gasteiger partial charge is 0.359 e. The quantitative estimate of drug-likeness (QED) is 0.502. The summed E-state index contributed by atoms with van der Waals surface area (Å²) >= 11 is 0. The Labute approximate surface area is 171 Å². The van der Waals surface area contributed by atoms with Gasteiger partial charge in [-0.05, 0) is 70.1 Å². The number of nitrogens with zero attached hydrogens (tertiary/aromatic N) is 1. The van der Waals surface area contributed by atoms with E-state index in [1.807, 2.05) is 0 Å². The Bertz CT molecular complexity index is 783. The second kappa shape index (κ2) is 8.15. The predicted molar refractivity (Wildman–Crippen MR) is 121 cm³/mol. The highest BCUT2D eigenvalue weighted by Crippen LogP contribution is 2.48. The van der Waals surface area contributed by atoms with Crippen LogP contribution in [0.4, 0.5) is 5.69 Å². The highest BCUT2D eigenvalue weighted by atomic mass is 15.2. The standard InChI is InChI=1S/C27H35N/c1-21-9-13-24(14-10-21)27(19-17-23(3)18-20-27)28(25-7-5-4-6-8-25)26-15-11-22(2)12-16-26/h9-16,25H,3-8,17-20H2,1-2H3. The molecule has 1 nitrogen and oxygen atoms in total. The van der Waals surface area contributed by atoms with Crippen LogP contribution in [0.2, 0.25) is 0 Å². The summed E-state index contributed by atoms with van der Waals surface area (Å²) in [6, 6.07) is 19.3. The molecule has 0 N–H and O–H groups in total. The van der Waals surface area contributed by atoms with Gasteiger partial charge in [-0.25, -0.2) is 0 Å². The molecule has 148 valence electrons. The molecule has 0 aliphatic heterocycles. The molecule has 2 aromatic carbocycles. The van der Waals surface area contributed by atoms with Crippen molar-refractivity contribution < 1.29 is 0 Å². The molecule has 0 atom stereocenters. The average Bonchev–Trinajstić information content (AvgIpc) is 2.73. The van der Waals surface area contributed by atoms with Crippen LogP contribution < -0.4 is 4.90 Å². The summed E-state index contributed by atoms with van der Waals surface area (Å²) in [7, 11) is 0. The predicted octanol–water partition coefficient (Wildman–Crippen LogP) is 7.47. The minimum atomic E-state index is 0.0894. The molecule has 28 heavy (non-hydrogen) atoms. The van der Waals surface area contributed by atoms with Crippen molar-refractivity contribution in [1.82, 2.24) is 0 Å². The van der Waals surface area contributed by atoms with Crippen molar-refractivity contribution in [3.05, 3.63) is 77.4 Å². The van der Waals surface area contributed by atoms with Crippen molar-refractivity contribution in [3.63, 3.8) is 0 Å². The first-order chi connectivity index (χ1) is 13.6. The lowest BCUT2D eigenvalue weighted by atomic mass is 9.72. The number of anilines is 1. The van der Waals surface area contributed by atoms with Crippen molar-refractivity contribution in [2.24, 2.45) is 0 Å². The minimum absolute atomic E-state index is 0.0894. The van der Waals surface area contributed by atoms with E-state index in [-0.39, 0.29) is 5.54 Å². The topological polar surface area (TPSA) is 3.24 Å². The maximum atomic E-state index is 4.33. The summed E-state index contributed by atoms with van der Waals surface area (Å²) in [6.45, 7) is 8.71. The number of allylic oxidation sites excluding steroid dienone is 1. The third kappa shape index (κ3) is 3.77. The lowest BCUT2D eigenvalue weighted by Crippen LogP contribution is -2.53. The van der Waals surface area contributed by atoms with Gasteiger partial charge in [0, 0.05) is 11.7 Å². The average molecular weight is 374 g/mol. The van der Waals surface area contributed by atoms with Gasteiger partial charge in [-0.15, -0.1) is 0 Å². The van der Waals surface area contributed by atoms with E-state index in [1.54, 1.807) is 0 Å². The van der Waals surface area contributed by atoms with Crippen molar-refractivity contribution in [3.8, 4) is 0 Å². The fraction of sp³-hybridized carbons (Fsp3) is 0.481. The fourth-order valence-corrected chi connectivity index (χ4v) is 5.40. The summed E-state index contributed by atoms with van der Waals surface area (Å²) in [5.74, 6) is 0. The van der Waals surface area contributed by atoms with E-state index in [0.717, 1.165) is 12.8 Å². The van der Waals surface area contributed by atoms with Crippen LogP contribution in [0, 0.1) is 13.8 Å². The summed E-state index contributed by atoms with van der Waals surface area (Å²) in [5, 5.41) is 0. The Morgan fingerprint density at radius 3 is 1.89 bits per heavy atom. The zero-order valence-corrected chi connectivity index (χ0v) is 17.7. The van der Waals surface area contributed by atoms with Crippen LogP contribution in [-0.2, 0) is 5.54 Å². The monoisotopic (exact) mass is 373 g/mol. The van der Waals surface area contributed by atoms with Crippen molar-refractivity contribution >= 4 is 5.69 Å². The van der Waals surface area contributed by atoms with Gasteiger partial charge in [0.15, 0.2) is 0 Å². The van der Waals surface area contributed by atoms with Crippen LogP contribution in [-0.4, -0.2) is 6.04 Å². The van der Waals surface area contributed by atoms with Gasteiger partial charge in [-0.1, -0.05) is 78.9 Å². The number of aryl methyl sites for hydroxylation is 2. The van der Waals surface area contributed by atoms with E-state index in [2.05, 4.69) is 73.9 Å². The Balaban J connectivity index is 1.83. The summed E-state index contributed by atoms with van der Waals surface area (Å²) in [6.07, 6.45) is 11.4. The van der Waals surface area contributed by atoms with Crippen LogP contribution in [0.25, 0.3) is 0 Å². The smallest absolute Gasteiger partial charge is 0.0662 e. The van der Waals surface area contributed by atoms with Crippen molar-refractivity contribution in [2.75, 3.05) is 4.90 Å². The number of benzene rings is 2. The molecule has 0 bridgehead atoms. The maximum absolute atomic E-state index is 4.33. The van der Waals surface area contributed by atoms with Gasteiger partial charge in [0.25, 0.3) is 0 Å². The van der Waals surface area contributed by atoms with Crippen LogP contribution in [0.5, 0.6) is 0 Å². The van der Waals surface area contributed by atoms with Crippen molar-refractivity contribution in [1.29, 1.82) is 0 Å². The first-order valence-electron chi connectivity index (χ1n) is 11.2. The molecule has 2 aliphatic rings. The molecule has 0 unspecified atom stereocenters. The van der Waals surface area contributed by atoms with Gasteiger partial charge in [-0.3, -0.25) is 0 Å². The molecule has 2 aromatic rings. The molecule has 0 amide bonds. The summed E-state index contributed by atoms with van der Waals surface area (Å²) in [5.41, 5.74) is 7.11. The second-order valence-corrected chi connectivity index (χ2v) is 9.14. The lowest BCUT2D eigenvalue weighted by molar-refractivity contribution is 0.260. The van der Waals surface area contributed by atoms with E-state index >= 15 is 0 Å². The Morgan fingerprint density at radius 2 is 1.32 bits per heavy atom. The Morgan fingerprint density at radius 1 is 0.786 bits per heavy atom. The lowest BCUT2D eigenvalue weighted by Gasteiger charge is -2.53. The van der Waals surface area contributed by atoms with E-state index in [0.29, 0.717) is 6.04 Å². The molecule has 0 aromatic heterocycles. The highest BCUT2D eigenvalue weighted by molar-refractivity contribution is 5.54. The highest BCUT2D eigenvalue weighted by Gasteiger charge is 2.43. The van der Waals surface area contributed by atoms with Crippen LogP contribution in [0.1, 0.15) is 74.5 Å². The Hall–Kier alpha value is -2.02. The van der Waals surface area contributed by atoms with Gasteiger partial charge >= 0.3 is 0 Å². The normalized spacial score (nSPS) is 20.1. The van der Waals surface area contributed by atoms with Crippen LogP contribution in [0.15, 0.2) is 60.7 Å². The van der Waals surface area contributed by atoms with E-state index < -0.39 is 0 Å². The number of hydrogen-bond donors (Lipinski definition) is 0. The van der Waals surface area contributed by atoms with Gasteiger partial charge < -0.3 is 4.90 Å². The third-order valence-corrected chi connectivity index (χ3v) is 7.09. The number of rotatable bonds is 4. The van der Waals surface area contributed by atoms with E-state index in [1.165, 1.54) is 72.9 Å². The van der Waals surface area contributed by atoms with Crippen molar-refractivity contribution in [2.45, 2.75) is 83.2 Å². The molecular weight excluding hydrogens is 338 g/mol. The molecule has 0 spiro atoms. The van der Waals surface area contributed by atoms with Gasteiger partial charge in [0.1, 0.15) is 0 Å². The zero-order valence-electron chi connectivity index (χ0n) is 17.7. The molecule has 0 radical (unpaired) electrons. The van der Waals surface area contributed by atoms with Gasteiger partial charge in [-0.2, -0.15) is 0 Å². The molecule has 0 heterocycles. The Kier molecular flexibility index (Phi) is 5.62. The molecule has 2 aliphatic carbocycles. The zero-order chi connectivity index (χ0) is 19.6. The maximum Gasteiger partial charge on any atom is 0.0662 e. The summed E-state index contributed by atoms with van der Waals surface area (Å²) < 4.78 is 0. The first-order valence-corrected chi connectivity index (χ1v) is 11.2. The first kappa shape index (κ1) is 19.3. The van der Waals surface area contributed by atoms with E-state index in [9.17, 15) is 0 Å². The fourth-order valence-electron chi connectivity index (χ4n) is 5.40. The third-order valence-electron chi connectivity index (χ3n) is 7.09. The summed E-state index contributed by atoms with van der Waals surface area (Å²) in [4.78, 5) is 2.85. The molecule has 2 fully saturated rings. The van der Waals surface area contributed by atoms with Crippen LogP contribution >= 0.6 is 0 Å². The van der Waals surface area contributed by atoms with Crippen LogP contribution in [0.3, 0.4) is 0 Å². The van der Waals surface area contributed by atoms with Gasteiger partial charge in [0.2, 0.25) is 0 Å². The molecule has 1 heteroatoms. The van der Waals surface area contributed by atoms with Gasteiger partial charge in [0.05, 0.1) is 5.54 Å². The SMILES string of the molecule is C=C1CCC(c2ccc(C)cc2)(N(c2ccc(C)cc2)C2CCCCC2)CC1. The minimum Gasteiger partial charge on any atom is -0.359 e.